The van der Waals surface area contributed by atoms with Crippen LogP contribution in [0.15, 0.2) is 17.3 Å². The molecule has 30 heavy (non-hydrogen) atoms. The summed E-state index contributed by atoms with van der Waals surface area (Å²) in [6.45, 7) is 4.42. The minimum atomic E-state index is -0.499. The van der Waals surface area contributed by atoms with E-state index >= 15 is 0 Å². The second-order valence-electron chi connectivity index (χ2n) is 7.79. The van der Waals surface area contributed by atoms with Gasteiger partial charge in [-0.3, -0.25) is 4.79 Å². The van der Waals surface area contributed by atoms with Gasteiger partial charge in [0.05, 0.1) is 24.9 Å². The number of nitrogens with zero attached hydrogens (tertiary/aromatic N) is 2. The highest BCUT2D eigenvalue weighted by Crippen LogP contribution is 2.37. The molecule has 2 heterocycles. The average molecular weight is 421 g/mol. The molecule has 1 amide bonds. The molecule has 1 fully saturated rings. The average Bonchev–Trinajstić information content (AvgIpc) is 3.00. The number of amides is 1. The molecule has 2 aliphatic rings. The summed E-state index contributed by atoms with van der Waals surface area (Å²) >= 11 is 0. The van der Waals surface area contributed by atoms with Crippen molar-refractivity contribution in [3.8, 4) is 11.5 Å². The Kier molecular flexibility index (Phi) is 8.41. The number of carbonyl (C=O) groups excluding carboxylic acids is 1. The van der Waals surface area contributed by atoms with Crippen molar-refractivity contribution in [2.45, 2.75) is 31.8 Å². The maximum absolute atomic E-state index is 12.8. The molecule has 1 saturated heterocycles. The quantitative estimate of drug-likeness (QED) is 0.464. The molecule has 2 aliphatic heterocycles. The van der Waals surface area contributed by atoms with Crippen LogP contribution < -0.4 is 14.8 Å². The summed E-state index contributed by atoms with van der Waals surface area (Å²) in [6, 6.07) is 2.89. The molecular formula is C21H31N3O6. The molecule has 0 aliphatic carbocycles. The third-order valence-corrected chi connectivity index (χ3v) is 5.59. The van der Waals surface area contributed by atoms with Crippen molar-refractivity contribution in [1.82, 2.24) is 10.2 Å². The van der Waals surface area contributed by atoms with E-state index in [1.54, 1.807) is 7.11 Å². The Morgan fingerprint density at radius 3 is 2.93 bits per heavy atom. The number of ether oxygens (including phenoxy) is 3. The summed E-state index contributed by atoms with van der Waals surface area (Å²) in [7, 11) is 1.70. The molecule has 0 saturated carbocycles. The van der Waals surface area contributed by atoms with E-state index in [2.05, 4.69) is 15.4 Å². The van der Waals surface area contributed by atoms with Crippen LogP contribution in [0.3, 0.4) is 0 Å². The second-order valence-corrected chi connectivity index (χ2v) is 7.79. The van der Waals surface area contributed by atoms with Crippen LogP contribution in [-0.4, -0.2) is 75.1 Å². The van der Waals surface area contributed by atoms with Gasteiger partial charge in [-0.05, 0) is 43.6 Å². The van der Waals surface area contributed by atoms with Gasteiger partial charge >= 0.3 is 0 Å². The fourth-order valence-corrected chi connectivity index (χ4v) is 3.87. The number of nitroso groups, excluding NO2 is 1. The number of nitrogens with one attached hydrogen (secondary N) is 1. The molecular weight excluding hydrogens is 390 g/mol. The van der Waals surface area contributed by atoms with E-state index in [1.807, 2.05) is 0 Å². The Morgan fingerprint density at radius 2 is 2.17 bits per heavy atom. The van der Waals surface area contributed by atoms with Crippen molar-refractivity contribution >= 4 is 11.6 Å². The van der Waals surface area contributed by atoms with Gasteiger partial charge in [0.25, 0.3) is 5.91 Å². The lowest BCUT2D eigenvalue weighted by Crippen LogP contribution is -2.47. The first-order chi connectivity index (χ1) is 14.6. The van der Waals surface area contributed by atoms with E-state index in [-0.39, 0.29) is 23.1 Å². The smallest absolute Gasteiger partial charge is 0.255 e. The molecule has 1 aromatic carbocycles. The molecule has 2 N–H and O–H groups in total. The topological polar surface area (TPSA) is 110 Å². The fraction of sp³-hybridized carbons (Fsp3) is 0.667. The normalized spacial score (nSPS) is 21.7. The summed E-state index contributed by atoms with van der Waals surface area (Å²) in [5, 5.41) is 16.3. The molecule has 0 radical (unpaired) electrons. The Morgan fingerprint density at radius 1 is 1.33 bits per heavy atom. The van der Waals surface area contributed by atoms with Crippen LogP contribution in [-0.2, 0) is 4.74 Å². The van der Waals surface area contributed by atoms with Crippen molar-refractivity contribution in [3.05, 3.63) is 22.6 Å². The first-order valence-electron chi connectivity index (χ1n) is 10.6. The molecule has 9 heteroatoms. The summed E-state index contributed by atoms with van der Waals surface area (Å²) in [6.07, 6.45) is 3.04. The van der Waals surface area contributed by atoms with E-state index in [9.17, 15) is 14.8 Å². The van der Waals surface area contributed by atoms with Gasteiger partial charge in [0.1, 0.15) is 5.69 Å². The molecule has 9 nitrogen and oxygen atoms in total. The number of likely N-dealkylation sites (tertiary alicyclic amines) is 1. The van der Waals surface area contributed by atoms with E-state index in [4.69, 9.17) is 14.2 Å². The molecule has 0 spiro atoms. The third kappa shape index (κ3) is 5.90. The van der Waals surface area contributed by atoms with Crippen LogP contribution >= 0.6 is 0 Å². The number of aliphatic hydroxyl groups is 1. The fourth-order valence-electron chi connectivity index (χ4n) is 3.87. The Labute approximate surface area is 176 Å². The van der Waals surface area contributed by atoms with E-state index in [0.717, 1.165) is 39.0 Å². The third-order valence-electron chi connectivity index (χ3n) is 5.59. The number of unbranched alkanes of at least 4 members (excludes halogenated alkanes) is 1. The van der Waals surface area contributed by atoms with Crippen LogP contribution in [0.1, 0.15) is 36.0 Å². The van der Waals surface area contributed by atoms with Crippen molar-refractivity contribution < 1.29 is 24.1 Å². The minimum absolute atomic E-state index is 0.0210. The van der Waals surface area contributed by atoms with Crippen molar-refractivity contribution in [1.29, 1.82) is 0 Å². The lowest BCUT2D eigenvalue weighted by atomic mass is 9.93. The number of benzene rings is 1. The number of piperidine rings is 1. The number of rotatable bonds is 9. The lowest BCUT2D eigenvalue weighted by molar-refractivity contribution is 0.0209. The predicted octanol–water partition coefficient (Wildman–Crippen LogP) is 2.08. The van der Waals surface area contributed by atoms with Gasteiger partial charge in [-0.1, -0.05) is 0 Å². The zero-order chi connectivity index (χ0) is 21.3. The van der Waals surface area contributed by atoms with Crippen LogP contribution in [0, 0.1) is 10.8 Å². The molecule has 3 rings (SSSR count). The number of aliphatic hydroxyl groups excluding tert-OH is 1. The van der Waals surface area contributed by atoms with Crippen LogP contribution in [0.25, 0.3) is 0 Å². The highest BCUT2D eigenvalue weighted by Gasteiger charge is 2.29. The summed E-state index contributed by atoms with van der Waals surface area (Å²) in [5.74, 6) is 0.309. The van der Waals surface area contributed by atoms with Crippen LogP contribution in [0.5, 0.6) is 11.5 Å². The highest BCUT2D eigenvalue weighted by atomic mass is 16.5. The van der Waals surface area contributed by atoms with Gasteiger partial charge in [0, 0.05) is 45.2 Å². The largest absolute Gasteiger partial charge is 0.489 e. The van der Waals surface area contributed by atoms with E-state index in [1.165, 1.54) is 12.1 Å². The van der Waals surface area contributed by atoms with Gasteiger partial charge in [0.15, 0.2) is 11.5 Å². The zero-order valence-corrected chi connectivity index (χ0v) is 17.5. The minimum Gasteiger partial charge on any atom is -0.489 e. The standard InChI is InChI=1S/C21H31N3O6/c1-28-8-3-2-6-24-7-5-15(18(25)14-24)13-22-21(26)17-11-16(23-27)12-19-20(17)30-10-4-9-29-19/h11-12,15,18,25H,2-10,13-14H2,1H3,(H,22,26)/t15-,18?/m0/s1. The molecule has 1 unspecified atom stereocenters. The Bertz CT molecular complexity index is 729. The maximum Gasteiger partial charge on any atom is 0.255 e. The van der Waals surface area contributed by atoms with Crippen LogP contribution in [0.2, 0.25) is 0 Å². The number of methoxy groups -OCH3 is 1. The number of hydrogen-bond acceptors (Lipinski definition) is 8. The first kappa shape index (κ1) is 22.5. The second kappa shape index (κ2) is 11.2. The van der Waals surface area contributed by atoms with E-state index < -0.39 is 6.10 Å². The molecule has 0 aromatic heterocycles. The number of hydrogen-bond donors (Lipinski definition) is 2. The summed E-state index contributed by atoms with van der Waals surface area (Å²) in [4.78, 5) is 26.1. The molecule has 2 atom stereocenters. The van der Waals surface area contributed by atoms with Crippen molar-refractivity contribution in [3.63, 3.8) is 0 Å². The number of carbonyl (C=O) groups is 1. The lowest BCUT2D eigenvalue weighted by Gasteiger charge is -2.36. The Hall–Kier alpha value is -2.23. The van der Waals surface area contributed by atoms with E-state index in [0.29, 0.717) is 44.2 Å². The van der Waals surface area contributed by atoms with Crippen molar-refractivity contribution in [2.75, 3.05) is 53.1 Å². The number of β-amino-alcohol motifs (C(OH)–C–C–N with tert-alkyl or cyclic N) is 1. The number of fused-ring (bicyclic) bond motifs is 1. The van der Waals surface area contributed by atoms with Gasteiger partial charge < -0.3 is 29.5 Å². The van der Waals surface area contributed by atoms with Crippen LogP contribution in [0.4, 0.5) is 5.69 Å². The monoisotopic (exact) mass is 421 g/mol. The predicted molar refractivity (Wildman–Crippen MR) is 112 cm³/mol. The van der Waals surface area contributed by atoms with Gasteiger partial charge in [0.2, 0.25) is 0 Å². The van der Waals surface area contributed by atoms with Gasteiger partial charge in [-0.2, -0.15) is 0 Å². The molecule has 166 valence electrons. The highest BCUT2D eigenvalue weighted by molar-refractivity contribution is 5.98. The molecule has 1 aromatic rings. The van der Waals surface area contributed by atoms with Gasteiger partial charge in [-0.15, -0.1) is 4.91 Å². The summed E-state index contributed by atoms with van der Waals surface area (Å²) < 4.78 is 16.4. The molecule has 0 bridgehead atoms. The SMILES string of the molecule is COCCCCN1CC[C@@H](CNC(=O)c2cc(N=O)cc3c2OCCCO3)C(O)C1. The van der Waals surface area contributed by atoms with Crippen molar-refractivity contribution in [2.24, 2.45) is 11.1 Å². The Balaban J connectivity index is 1.55. The zero-order valence-electron chi connectivity index (χ0n) is 17.5. The maximum atomic E-state index is 12.8. The summed E-state index contributed by atoms with van der Waals surface area (Å²) in [5.41, 5.74) is 0.347. The first-order valence-corrected chi connectivity index (χ1v) is 10.6. The van der Waals surface area contributed by atoms with Gasteiger partial charge in [-0.25, -0.2) is 0 Å².